The predicted octanol–water partition coefficient (Wildman–Crippen LogP) is 6.15. The molecule has 0 aliphatic rings. The van der Waals surface area contributed by atoms with Crippen LogP contribution in [0, 0.1) is 6.92 Å². The van der Waals surface area contributed by atoms with Crippen LogP contribution in [0.5, 0.6) is 5.75 Å². The molecule has 1 heterocycles. The first-order chi connectivity index (χ1) is 18.4. The number of carboxylic acids is 1. The van der Waals surface area contributed by atoms with Crippen LogP contribution >= 0.6 is 0 Å². The first kappa shape index (κ1) is 24.8. The maximum atomic E-state index is 13.0. The van der Waals surface area contributed by atoms with Gasteiger partial charge in [-0.2, -0.15) is 0 Å². The van der Waals surface area contributed by atoms with Crippen LogP contribution in [0.2, 0.25) is 0 Å². The summed E-state index contributed by atoms with van der Waals surface area (Å²) < 4.78 is 5.80. The normalized spacial score (nSPS) is 11.7. The molecule has 38 heavy (non-hydrogen) atoms. The summed E-state index contributed by atoms with van der Waals surface area (Å²) in [7, 11) is 0. The quantitative estimate of drug-likeness (QED) is 0.225. The van der Waals surface area contributed by atoms with Crippen LogP contribution in [0.15, 0.2) is 103 Å². The van der Waals surface area contributed by atoms with E-state index in [0.29, 0.717) is 18.1 Å². The SMILES string of the molecule is Cc1ccc(-c2ccc3[nH]c(C(=O)NC(Cc4ccc(OCc5ccccc5)cc4)C(=O)O)cc3c2)cc1. The van der Waals surface area contributed by atoms with Crippen LogP contribution < -0.4 is 10.1 Å². The van der Waals surface area contributed by atoms with Gasteiger partial charge in [-0.15, -0.1) is 0 Å². The lowest BCUT2D eigenvalue weighted by Crippen LogP contribution is -2.42. The van der Waals surface area contributed by atoms with E-state index >= 15 is 0 Å². The van der Waals surface area contributed by atoms with Gasteiger partial charge >= 0.3 is 5.97 Å². The minimum atomic E-state index is -1.10. The fourth-order valence-corrected chi connectivity index (χ4v) is 4.31. The molecule has 0 aliphatic heterocycles. The predicted molar refractivity (Wildman–Crippen MR) is 148 cm³/mol. The summed E-state index contributed by atoms with van der Waals surface area (Å²) in [5, 5.41) is 13.3. The summed E-state index contributed by atoms with van der Waals surface area (Å²) >= 11 is 0. The minimum absolute atomic E-state index is 0.151. The van der Waals surface area contributed by atoms with E-state index in [1.54, 1.807) is 6.07 Å². The maximum Gasteiger partial charge on any atom is 0.326 e. The molecular weight excluding hydrogens is 476 g/mol. The van der Waals surface area contributed by atoms with Crippen molar-refractivity contribution in [2.24, 2.45) is 0 Å². The van der Waals surface area contributed by atoms with Gasteiger partial charge in [0.15, 0.2) is 0 Å². The molecule has 6 heteroatoms. The van der Waals surface area contributed by atoms with Crippen molar-refractivity contribution in [1.29, 1.82) is 0 Å². The molecule has 0 fully saturated rings. The number of aryl methyl sites for hydroxylation is 1. The zero-order valence-corrected chi connectivity index (χ0v) is 21.0. The molecule has 0 radical (unpaired) electrons. The van der Waals surface area contributed by atoms with Crippen LogP contribution in [0.3, 0.4) is 0 Å². The second-order valence-corrected chi connectivity index (χ2v) is 9.34. The van der Waals surface area contributed by atoms with E-state index in [4.69, 9.17) is 4.74 Å². The van der Waals surface area contributed by atoms with Crippen LogP contribution in [0.1, 0.15) is 27.2 Å². The fourth-order valence-electron chi connectivity index (χ4n) is 4.31. The highest BCUT2D eigenvalue weighted by molar-refractivity contribution is 6.00. The Bertz CT molecular complexity index is 1560. The van der Waals surface area contributed by atoms with E-state index in [2.05, 4.69) is 34.6 Å². The molecule has 0 saturated heterocycles. The van der Waals surface area contributed by atoms with Crippen LogP contribution in [0.4, 0.5) is 0 Å². The van der Waals surface area contributed by atoms with Gasteiger partial charge < -0.3 is 20.1 Å². The standard InChI is InChI=1S/C32H28N2O4/c1-21-7-11-24(12-8-21)25-13-16-28-26(18-25)19-29(33-28)31(35)34-30(32(36)37)17-22-9-14-27(15-10-22)38-20-23-5-3-2-4-6-23/h2-16,18-19,30,33H,17,20H2,1H3,(H,34,35)(H,36,37). The first-order valence-electron chi connectivity index (χ1n) is 12.4. The van der Waals surface area contributed by atoms with Crippen molar-refractivity contribution in [1.82, 2.24) is 10.3 Å². The van der Waals surface area contributed by atoms with Gasteiger partial charge in [0.05, 0.1) is 0 Å². The number of H-pyrrole nitrogens is 1. The number of benzene rings is 4. The van der Waals surface area contributed by atoms with Gasteiger partial charge in [0, 0.05) is 17.3 Å². The Morgan fingerprint density at radius 3 is 2.26 bits per heavy atom. The number of ether oxygens (including phenoxy) is 1. The number of aromatic amines is 1. The van der Waals surface area contributed by atoms with Gasteiger partial charge in [-0.05, 0) is 59.5 Å². The molecule has 0 spiro atoms. The lowest BCUT2D eigenvalue weighted by atomic mass is 10.0. The molecule has 4 aromatic carbocycles. The first-order valence-corrected chi connectivity index (χ1v) is 12.4. The molecular formula is C32H28N2O4. The third kappa shape index (κ3) is 5.93. The highest BCUT2D eigenvalue weighted by Gasteiger charge is 2.22. The third-order valence-electron chi connectivity index (χ3n) is 6.47. The topological polar surface area (TPSA) is 91.4 Å². The molecule has 190 valence electrons. The summed E-state index contributed by atoms with van der Waals surface area (Å²) in [5.41, 5.74) is 6.30. The molecule has 3 N–H and O–H groups in total. The molecule has 1 unspecified atom stereocenters. The van der Waals surface area contributed by atoms with E-state index in [0.717, 1.165) is 33.2 Å². The number of fused-ring (bicyclic) bond motifs is 1. The van der Waals surface area contributed by atoms with Crippen molar-refractivity contribution in [2.75, 3.05) is 0 Å². The number of aliphatic carboxylic acids is 1. The van der Waals surface area contributed by atoms with E-state index in [1.165, 1.54) is 5.56 Å². The molecule has 5 aromatic rings. The number of rotatable bonds is 9. The Kier molecular flexibility index (Phi) is 7.22. The zero-order valence-electron chi connectivity index (χ0n) is 21.0. The van der Waals surface area contributed by atoms with Crippen molar-refractivity contribution in [3.63, 3.8) is 0 Å². The van der Waals surface area contributed by atoms with E-state index in [-0.39, 0.29) is 6.42 Å². The van der Waals surface area contributed by atoms with E-state index in [1.807, 2.05) is 79.7 Å². The van der Waals surface area contributed by atoms with Crippen LogP contribution in [0.25, 0.3) is 22.0 Å². The van der Waals surface area contributed by atoms with E-state index < -0.39 is 17.9 Å². The Morgan fingerprint density at radius 1 is 0.842 bits per heavy atom. The number of aromatic nitrogens is 1. The summed E-state index contributed by atoms with van der Waals surface area (Å²) in [6.07, 6.45) is 0.151. The van der Waals surface area contributed by atoms with Gasteiger partial charge in [-0.3, -0.25) is 4.79 Å². The lowest BCUT2D eigenvalue weighted by Gasteiger charge is -2.14. The average molecular weight is 505 g/mol. The van der Waals surface area contributed by atoms with Gasteiger partial charge in [0.1, 0.15) is 24.1 Å². The second-order valence-electron chi connectivity index (χ2n) is 9.34. The Hall–Kier alpha value is -4.84. The zero-order chi connectivity index (χ0) is 26.5. The van der Waals surface area contributed by atoms with Crippen LogP contribution in [-0.4, -0.2) is 28.0 Å². The fraction of sp³-hybridized carbons (Fsp3) is 0.125. The Morgan fingerprint density at radius 2 is 1.55 bits per heavy atom. The van der Waals surface area contributed by atoms with Crippen molar-refractivity contribution >= 4 is 22.8 Å². The lowest BCUT2D eigenvalue weighted by molar-refractivity contribution is -0.139. The molecule has 0 bridgehead atoms. The van der Waals surface area contributed by atoms with Crippen molar-refractivity contribution in [3.05, 3.63) is 126 Å². The third-order valence-corrected chi connectivity index (χ3v) is 6.47. The molecule has 1 atom stereocenters. The number of hydrogen-bond donors (Lipinski definition) is 3. The van der Waals surface area contributed by atoms with E-state index in [9.17, 15) is 14.7 Å². The van der Waals surface area contributed by atoms with Gasteiger partial charge in [-0.1, -0.05) is 78.4 Å². The number of carbonyl (C=O) groups excluding carboxylic acids is 1. The summed E-state index contributed by atoms with van der Waals surface area (Å²) in [6.45, 7) is 2.50. The molecule has 1 aromatic heterocycles. The molecule has 5 rings (SSSR count). The number of carbonyl (C=O) groups is 2. The molecule has 6 nitrogen and oxygen atoms in total. The summed E-state index contributed by atoms with van der Waals surface area (Å²) in [5.74, 6) is -0.870. The monoisotopic (exact) mass is 504 g/mol. The van der Waals surface area contributed by atoms with Gasteiger partial charge in [0.25, 0.3) is 5.91 Å². The molecule has 0 aliphatic carbocycles. The Labute approximate surface area is 220 Å². The number of hydrogen-bond acceptors (Lipinski definition) is 3. The molecule has 0 saturated carbocycles. The van der Waals surface area contributed by atoms with Gasteiger partial charge in [0.2, 0.25) is 0 Å². The van der Waals surface area contributed by atoms with Crippen molar-refractivity contribution in [2.45, 2.75) is 26.0 Å². The summed E-state index contributed by atoms with van der Waals surface area (Å²) in [4.78, 5) is 28.0. The van der Waals surface area contributed by atoms with Gasteiger partial charge in [-0.25, -0.2) is 4.79 Å². The maximum absolute atomic E-state index is 13.0. The van der Waals surface area contributed by atoms with Crippen molar-refractivity contribution < 1.29 is 19.4 Å². The highest BCUT2D eigenvalue weighted by atomic mass is 16.5. The summed E-state index contributed by atoms with van der Waals surface area (Å²) in [6, 6.07) is 32.0. The number of amides is 1. The van der Waals surface area contributed by atoms with Crippen LogP contribution in [-0.2, 0) is 17.8 Å². The second kappa shape index (κ2) is 11.0. The smallest absolute Gasteiger partial charge is 0.326 e. The minimum Gasteiger partial charge on any atom is -0.489 e. The highest BCUT2D eigenvalue weighted by Crippen LogP contribution is 2.25. The molecule has 1 amide bonds. The number of carboxylic acid groups (broad SMARTS) is 1. The Balaban J connectivity index is 1.24. The largest absolute Gasteiger partial charge is 0.489 e. The van der Waals surface area contributed by atoms with Crippen molar-refractivity contribution in [3.8, 4) is 16.9 Å². The average Bonchev–Trinajstić information content (AvgIpc) is 3.37. The number of nitrogens with one attached hydrogen (secondary N) is 2.